The summed E-state index contributed by atoms with van der Waals surface area (Å²) in [6.45, 7) is 1.49. The van der Waals surface area contributed by atoms with Crippen LogP contribution < -0.4 is 0 Å². The van der Waals surface area contributed by atoms with Gasteiger partial charge in [-0.15, -0.1) is 0 Å². The summed E-state index contributed by atoms with van der Waals surface area (Å²) in [5.41, 5.74) is 0.542. The minimum Gasteiger partial charge on any atom is -0.507 e. The molecule has 1 aromatic carbocycles. The van der Waals surface area contributed by atoms with Crippen LogP contribution in [-0.4, -0.2) is 16.0 Å². The summed E-state index contributed by atoms with van der Waals surface area (Å²) < 4.78 is 12.6. The first-order valence-corrected chi connectivity index (χ1v) is 5.36. The molecule has 0 heterocycles. The van der Waals surface area contributed by atoms with Crippen LogP contribution in [0.5, 0.6) is 5.75 Å². The lowest BCUT2D eigenvalue weighted by molar-refractivity contribution is -0.109. The molecule has 0 saturated heterocycles. The summed E-state index contributed by atoms with van der Waals surface area (Å²) in [7, 11) is 0. The molecule has 1 rings (SSSR count). The summed E-state index contributed by atoms with van der Waals surface area (Å²) in [4.78, 5) is 10.6. The van der Waals surface area contributed by atoms with E-state index in [2.05, 4.69) is 0 Å². The van der Waals surface area contributed by atoms with E-state index in [0.29, 0.717) is 11.3 Å². The van der Waals surface area contributed by atoms with E-state index in [1.54, 1.807) is 12.2 Å². The molecular formula is C11H11FO2S. The van der Waals surface area contributed by atoms with Crippen LogP contribution in [-0.2, 0) is 4.79 Å². The van der Waals surface area contributed by atoms with E-state index < -0.39 is 5.82 Å². The molecule has 0 amide bonds. The fourth-order valence-electron chi connectivity index (χ4n) is 0.998. The Morgan fingerprint density at radius 3 is 2.93 bits per heavy atom. The van der Waals surface area contributed by atoms with Crippen LogP contribution in [0.4, 0.5) is 4.39 Å². The van der Waals surface area contributed by atoms with Crippen LogP contribution in [0.1, 0.15) is 12.5 Å². The lowest BCUT2D eigenvalue weighted by Gasteiger charge is -1.98. The molecule has 1 N–H and O–H groups in total. The molecule has 0 saturated carbocycles. The molecule has 0 unspecified atom stereocenters. The van der Waals surface area contributed by atoms with Gasteiger partial charge in [-0.25, -0.2) is 4.39 Å². The topological polar surface area (TPSA) is 37.3 Å². The molecule has 0 aliphatic rings. The third-order valence-corrected chi connectivity index (χ3v) is 2.44. The maximum absolute atomic E-state index is 12.6. The molecule has 0 atom stereocenters. The zero-order chi connectivity index (χ0) is 11.3. The van der Waals surface area contributed by atoms with E-state index in [-0.39, 0.29) is 10.9 Å². The third-order valence-electron chi connectivity index (χ3n) is 1.67. The lowest BCUT2D eigenvalue weighted by Crippen LogP contribution is -1.82. The van der Waals surface area contributed by atoms with Crippen molar-refractivity contribution in [1.82, 2.24) is 0 Å². The highest BCUT2D eigenvalue weighted by molar-refractivity contribution is 8.13. The van der Waals surface area contributed by atoms with Gasteiger partial charge in [-0.3, -0.25) is 4.79 Å². The van der Waals surface area contributed by atoms with Crippen molar-refractivity contribution >= 4 is 23.0 Å². The van der Waals surface area contributed by atoms with Gasteiger partial charge in [0.15, 0.2) is 5.12 Å². The minimum atomic E-state index is -0.470. The Hall–Kier alpha value is -1.29. The number of thioether (sulfide) groups is 1. The third kappa shape index (κ3) is 4.16. The number of hydrogen-bond donors (Lipinski definition) is 1. The van der Waals surface area contributed by atoms with Gasteiger partial charge < -0.3 is 5.11 Å². The Kier molecular flexibility index (Phi) is 4.37. The molecule has 2 nitrogen and oxygen atoms in total. The molecule has 4 heteroatoms. The van der Waals surface area contributed by atoms with Crippen molar-refractivity contribution < 1.29 is 14.3 Å². The summed E-state index contributed by atoms with van der Waals surface area (Å²) in [5, 5.41) is 9.38. The second kappa shape index (κ2) is 5.56. The fourth-order valence-corrected chi connectivity index (χ4v) is 1.43. The average Bonchev–Trinajstić information content (AvgIpc) is 2.14. The number of phenolic OH excluding ortho intramolecular Hbond substituents is 1. The highest BCUT2D eigenvalue weighted by Gasteiger charge is 1.98. The van der Waals surface area contributed by atoms with Gasteiger partial charge in [0.1, 0.15) is 11.6 Å². The summed E-state index contributed by atoms with van der Waals surface area (Å²) in [6, 6.07) is 3.81. The maximum Gasteiger partial charge on any atom is 0.186 e. The van der Waals surface area contributed by atoms with Crippen LogP contribution in [0.3, 0.4) is 0 Å². The van der Waals surface area contributed by atoms with Gasteiger partial charge in [0, 0.05) is 24.3 Å². The molecule has 0 radical (unpaired) electrons. The zero-order valence-corrected chi connectivity index (χ0v) is 9.05. The molecule has 0 bridgehead atoms. The molecule has 0 aliphatic heterocycles. The van der Waals surface area contributed by atoms with Crippen LogP contribution in [0.2, 0.25) is 0 Å². The number of hydrogen-bond acceptors (Lipinski definition) is 3. The van der Waals surface area contributed by atoms with Crippen LogP contribution in [0.15, 0.2) is 24.3 Å². The van der Waals surface area contributed by atoms with Gasteiger partial charge >= 0.3 is 0 Å². The van der Waals surface area contributed by atoms with Crippen molar-refractivity contribution in [3.63, 3.8) is 0 Å². The number of phenols is 1. The van der Waals surface area contributed by atoms with Gasteiger partial charge in [0.25, 0.3) is 0 Å². The molecule has 80 valence electrons. The average molecular weight is 226 g/mol. The van der Waals surface area contributed by atoms with Crippen molar-refractivity contribution in [1.29, 1.82) is 0 Å². The highest BCUT2D eigenvalue weighted by atomic mass is 32.2. The monoisotopic (exact) mass is 226 g/mol. The largest absolute Gasteiger partial charge is 0.507 e. The Morgan fingerprint density at radius 2 is 2.33 bits per heavy atom. The van der Waals surface area contributed by atoms with E-state index in [9.17, 15) is 14.3 Å². The normalized spacial score (nSPS) is 10.8. The van der Waals surface area contributed by atoms with E-state index in [1.807, 2.05) is 0 Å². The van der Waals surface area contributed by atoms with E-state index >= 15 is 0 Å². The Labute approximate surface area is 91.8 Å². The van der Waals surface area contributed by atoms with Gasteiger partial charge in [-0.1, -0.05) is 23.9 Å². The van der Waals surface area contributed by atoms with Crippen molar-refractivity contribution in [2.24, 2.45) is 0 Å². The number of carbonyl (C=O) groups excluding carboxylic acids is 1. The van der Waals surface area contributed by atoms with Crippen LogP contribution in [0.25, 0.3) is 6.08 Å². The predicted octanol–water partition coefficient (Wildman–Crippen LogP) is 2.82. The predicted molar refractivity (Wildman–Crippen MR) is 60.2 cm³/mol. The van der Waals surface area contributed by atoms with Crippen molar-refractivity contribution in [3.05, 3.63) is 35.7 Å². The summed E-state index contributed by atoms with van der Waals surface area (Å²) >= 11 is 1.18. The van der Waals surface area contributed by atoms with E-state index in [1.165, 1.54) is 30.8 Å². The summed E-state index contributed by atoms with van der Waals surface area (Å²) in [5.74, 6) is -0.0200. The SMILES string of the molecule is CC(=O)SCC=Cc1ccc(F)cc1O. The molecule has 0 aromatic heterocycles. The van der Waals surface area contributed by atoms with Crippen molar-refractivity contribution in [2.45, 2.75) is 6.92 Å². The molecule has 0 fully saturated rings. The standard InChI is InChI=1S/C11H11FO2S/c1-8(13)15-6-2-3-9-4-5-10(12)7-11(9)14/h2-5,7,14H,6H2,1H3. The number of halogens is 1. The summed E-state index contributed by atoms with van der Waals surface area (Å²) in [6.07, 6.45) is 3.41. The molecule has 15 heavy (non-hydrogen) atoms. The molecule has 0 aliphatic carbocycles. The quantitative estimate of drug-likeness (QED) is 0.861. The Balaban J connectivity index is 2.60. The first kappa shape index (κ1) is 11.8. The van der Waals surface area contributed by atoms with Crippen molar-refractivity contribution in [3.8, 4) is 5.75 Å². The number of benzene rings is 1. The van der Waals surface area contributed by atoms with Gasteiger partial charge in [-0.05, 0) is 12.1 Å². The second-order valence-electron chi connectivity index (χ2n) is 2.91. The van der Waals surface area contributed by atoms with Gasteiger partial charge in [0.05, 0.1) is 0 Å². The van der Waals surface area contributed by atoms with Gasteiger partial charge in [0.2, 0.25) is 0 Å². The first-order chi connectivity index (χ1) is 7.09. The van der Waals surface area contributed by atoms with Crippen molar-refractivity contribution in [2.75, 3.05) is 5.75 Å². The second-order valence-corrected chi connectivity index (χ2v) is 4.11. The fraction of sp³-hybridized carbons (Fsp3) is 0.182. The maximum atomic E-state index is 12.6. The number of aromatic hydroxyl groups is 1. The van der Waals surface area contributed by atoms with E-state index in [4.69, 9.17) is 0 Å². The molecular weight excluding hydrogens is 215 g/mol. The van der Waals surface area contributed by atoms with Crippen LogP contribution >= 0.6 is 11.8 Å². The molecule has 1 aromatic rings. The zero-order valence-electron chi connectivity index (χ0n) is 8.24. The number of carbonyl (C=O) groups is 1. The Bertz CT molecular complexity index is 388. The molecule has 0 spiro atoms. The van der Waals surface area contributed by atoms with E-state index in [0.717, 1.165) is 6.07 Å². The Morgan fingerprint density at radius 1 is 1.60 bits per heavy atom. The van der Waals surface area contributed by atoms with Gasteiger partial charge in [-0.2, -0.15) is 0 Å². The van der Waals surface area contributed by atoms with Crippen LogP contribution in [0, 0.1) is 5.82 Å². The highest BCUT2D eigenvalue weighted by Crippen LogP contribution is 2.19. The minimum absolute atomic E-state index is 0.0444. The first-order valence-electron chi connectivity index (χ1n) is 4.38. The lowest BCUT2D eigenvalue weighted by atomic mass is 10.2. The smallest absolute Gasteiger partial charge is 0.186 e. The number of rotatable bonds is 3.